The zero-order valence-corrected chi connectivity index (χ0v) is 20.3. The molecule has 6 heterocycles. The number of aliphatic hydroxyl groups is 1. The fraction of sp³-hybridized carbons (Fsp3) is 0.520. The molecule has 190 valence electrons. The molecule has 0 unspecified atom stereocenters. The summed E-state index contributed by atoms with van der Waals surface area (Å²) in [6.07, 6.45) is 5.52. The Morgan fingerprint density at radius 3 is 2.56 bits per heavy atom. The number of aliphatic hydroxyl groups excluding tert-OH is 1. The zero-order valence-electron chi connectivity index (χ0n) is 20.3. The molecular weight excluding hydrogens is 468 g/mol. The number of nitrogens with zero attached hydrogens (tertiary/aromatic N) is 6. The summed E-state index contributed by atoms with van der Waals surface area (Å²) in [5.74, 6) is -0.590. The summed E-state index contributed by atoms with van der Waals surface area (Å²) < 4.78 is 34.9. The molecule has 6 rings (SSSR count). The minimum Gasteiger partial charge on any atom is -0.389 e. The van der Waals surface area contributed by atoms with Gasteiger partial charge in [0.2, 0.25) is 5.95 Å². The average Bonchev–Trinajstić information content (AvgIpc) is 2.79. The number of fused-ring (bicyclic) bond motifs is 1. The molecule has 3 saturated heterocycles. The normalized spacial score (nSPS) is 23.7. The summed E-state index contributed by atoms with van der Waals surface area (Å²) in [5.41, 5.74) is -0.240. The fourth-order valence-corrected chi connectivity index (χ4v) is 5.22. The molecule has 11 heteroatoms. The van der Waals surface area contributed by atoms with E-state index in [-0.39, 0.29) is 24.4 Å². The molecule has 1 spiro atoms. The maximum atomic E-state index is 14.8. The van der Waals surface area contributed by atoms with E-state index in [1.54, 1.807) is 18.5 Å². The SMILES string of the molecule is CC(C)c1cnc(N2CC(O)C2)c2cnc(Nc3ccnc(N4CC[C@@]5(CCO5)C(F)(F)C4)n3)cc12. The van der Waals surface area contributed by atoms with E-state index in [1.165, 1.54) is 4.90 Å². The lowest BCUT2D eigenvalue weighted by molar-refractivity contribution is -0.276. The van der Waals surface area contributed by atoms with Crippen LogP contribution in [0.2, 0.25) is 0 Å². The summed E-state index contributed by atoms with van der Waals surface area (Å²) in [4.78, 5) is 21.5. The van der Waals surface area contributed by atoms with Gasteiger partial charge in [0.25, 0.3) is 5.92 Å². The highest BCUT2D eigenvalue weighted by Gasteiger charge is 2.61. The summed E-state index contributed by atoms with van der Waals surface area (Å²) in [5, 5.41) is 14.9. The predicted molar refractivity (Wildman–Crippen MR) is 132 cm³/mol. The number of hydrogen-bond donors (Lipinski definition) is 2. The average molecular weight is 498 g/mol. The number of alkyl halides is 2. The van der Waals surface area contributed by atoms with Crippen LogP contribution in [0.25, 0.3) is 10.8 Å². The Morgan fingerprint density at radius 1 is 1.08 bits per heavy atom. The van der Waals surface area contributed by atoms with E-state index >= 15 is 0 Å². The monoisotopic (exact) mass is 497 g/mol. The van der Waals surface area contributed by atoms with Crippen molar-refractivity contribution in [2.45, 2.75) is 50.2 Å². The van der Waals surface area contributed by atoms with Gasteiger partial charge in [-0.05, 0) is 29.0 Å². The molecule has 3 fully saturated rings. The van der Waals surface area contributed by atoms with Crippen LogP contribution in [0.5, 0.6) is 0 Å². The molecular formula is C25H29F2N7O2. The summed E-state index contributed by atoms with van der Waals surface area (Å²) in [6, 6.07) is 3.65. The lowest BCUT2D eigenvalue weighted by atomic mass is 9.81. The minimum atomic E-state index is -2.96. The third-order valence-electron chi connectivity index (χ3n) is 7.47. The lowest BCUT2D eigenvalue weighted by Crippen LogP contribution is -2.66. The molecule has 36 heavy (non-hydrogen) atoms. The van der Waals surface area contributed by atoms with Crippen molar-refractivity contribution in [1.29, 1.82) is 0 Å². The molecule has 3 aliphatic rings. The largest absolute Gasteiger partial charge is 0.389 e. The number of halogens is 2. The number of piperidine rings is 1. The molecule has 1 atom stereocenters. The Morgan fingerprint density at radius 2 is 1.89 bits per heavy atom. The van der Waals surface area contributed by atoms with E-state index < -0.39 is 18.1 Å². The van der Waals surface area contributed by atoms with Gasteiger partial charge in [-0.15, -0.1) is 0 Å². The maximum absolute atomic E-state index is 14.8. The van der Waals surface area contributed by atoms with Crippen molar-refractivity contribution < 1.29 is 18.6 Å². The second-order valence-corrected chi connectivity index (χ2v) is 10.2. The third kappa shape index (κ3) is 3.81. The van der Waals surface area contributed by atoms with Crippen molar-refractivity contribution in [3.8, 4) is 0 Å². The topological polar surface area (TPSA) is 99.5 Å². The number of β-amino-alcohol motifs (C(OH)–C–C–N with tert-alkyl or cyclic N) is 1. The Labute approximate surface area is 207 Å². The van der Waals surface area contributed by atoms with E-state index in [9.17, 15) is 13.9 Å². The van der Waals surface area contributed by atoms with Crippen LogP contribution in [-0.4, -0.2) is 75.5 Å². The first-order chi connectivity index (χ1) is 17.2. The number of anilines is 4. The number of pyridine rings is 2. The van der Waals surface area contributed by atoms with Crippen molar-refractivity contribution >= 4 is 34.2 Å². The van der Waals surface area contributed by atoms with Gasteiger partial charge in [0.15, 0.2) is 0 Å². The van der Waals surface area contributed by atoms with Crippen LogP contribution in [-0.2, 0) is 4.74 Å². The number of nitrogens with one attached hydrogen (secondary N) is 1. The second-order valence-electron chi connectivity index (χ2n) is 10.2. The van der Waals surface area contributed by atoms with Gasteiger partial charge in [-0.25, -0.2) is 23.7 Å². The molecule has 0 saturated carbocycles. The van der Waals surface area contributed by atoms with Crippen LogP contribution in [0.3, 0.4) is 0 Å². The molecule has 0 bridgehead atoms. The van der Waals surface area contributed by atoms with Crippen molar-refractivity contribution in [2.24, 2.45) is 0 Å². The molecule has 3 aromatic heterocycles. The van der Waals surface area contributed by atoms with Crippen molar-refractivity contribution in [3.63, 3.8) is 0 Å². The second kappa shape index (κ2) is 8.45. The number of ether oxygens (including phenoxy) is 1. The molecule has 3 aromatic rings. The van der Waals surface area contributed by atoms with Crippen LogP contribution in [0, 0.1) is 0 Å². The van der Waals surface area contributed by atoms with Gasteiger partial charge in [-0.2, -0.15) is 4.98 Å². The molecule has 9 nitrogen and oxygen atoms in total. The van der Waals surface area contributed by atoms with E-state index in [0.29, 0.717) is 44.3 Å². The maximum Gasteiger partial charge on any atom is 0.293 e. The fourth-order valence-electron chi connectivity index (χ4n) is 5.22. The van der Waals surface area contributed by atoms with E-state index in [4.69, 9.17) is 4.74 Å². The van der Waals surface area contributed by atoms with E-state index in [2.05, 4.69) is 39.1 Å². The minimum absolute atomic E-state index is 0.246. The van der Waals surface area contributed by atoms with Crippen LogP contribution < -0.4 is 15.1 Å². The first-order valence-electron chi connectivity index (χ1n) is 12.3. The summed E-state index contributed by atoms with van der Waals surface area (Å²) >= 11 is 0. The van der Waals surface area contributed by atoms with Gasteiger partial charge in [0, 0.05) is 56.5 Å². The molecule has 0 aliphatic carbocycles. The van der Waals surface area contributed by atoms with Crippen LogP contribution >= 0.6 is 0 Å². The van der Waals surface area contributed by atoms with Gasteiger partial charge < -0.3 is 25.0 Å². The van der Waals surface area contributed by atoms with Crippen LogP contribution in [0.1, 0.15) is 38.2 Å². The number of aromatic nitrogens is 4. The standard InChI is InChI=1S/C25H29F2N7O2/c1-15(2)18-10-30-22(34-12-16(35)13-34)19-11-29-21(9-17(18)19)31-20-3-6-28-23(32-20)33-7-4-24(5-8-36-24)25(26,27)14-33/h3,6,9-11,15-16,35H,4-5,7-8,12-14H2,1-2H3,(H,28,29,31,32)/t24-/m1/s1. The molecule has 0 radical (unpaired) electrons. The highest BCUT2D eigenvalue weighted by Crippen LogP contribution is 2.47. The Bertz CT molecular complexity index is 1290. The molecule has 3 aliphatic heterocycles. The van der Waals surface area contributed by atoms with Crippen LogP contribution in [0.4, 0.5) is 32.2 Å². The predicted octanol–water partition coefficient (Wildman–Crippen LogP) is 3.47. The number of rotatable bonds is 5. The van der Waals surface area contributed by atoms with Gasteiger partial charge in [-0.3, -0.25) is 0 Å². The Balaban J connectivity index is 1.26. The molecule has 2 N–H and O–H groups in total. The van der Waals surface area contributed by atoms with Gasteiger partial charge in [0.05, 0.1) is 19.3 Å². The van der Waals surface area contributed by atoms with Crippen molar-refractivity contribution in [2.75, 3.05) is 47.9 Å². The summed E-state index contributed by atoms with van der Waals surface area (Å²) in [7, 11) is 0. The van der Waals surface area contributed by atoms with Gasteiger partial charge in [0.1, 0.15) is 23.1 Å². The first kappa shape index (κ1) is 23.2. The number of hydrogen-bond acceptors (Lipinski definition) is 9. The van der Waals surface area contributed by atoms with Gasteiger partial charge >= 0.3 is 0 Å². The highest BCUT2D eigenvalue weighted by atomic mass is 19.3. The lowest BCUT2D eigenvalue weighted by Gasteiger charge is -2.52. The molecule has 0 aromatic carbocycles. The van der Waals surface area contributed by atoms with Gasteiger partial charge in [-0.1, -0.05) is 13.8 Å². The quantitative estimate of drug-likeness (QED) is 0.549. The smallest absolute Gasteiger partial charge is 0.293 e. The summed E-state index contributed by atoms with van der Waals surface area (Å²) in [6.45, 7) is 5.66. The van der Waals surface area contributed by atoms with Crippen LogP contribution in [0.15, 0.2) is 30.7 Å². The van der Waals surface area contributed by atoms with E-state index in [1.807, 2.05) is 17.2 Å². The third-order valence-corrected chi connectivity index (χ3v) is 7.47. The zero-order chi connectivity index (χ0) is 25.1. The van der Waals surface area contributed by atoms with Crippen molar-refractivity contribution in [3.05, 3.63) is 36.3 Å². The van der Waals surface area contributed by atoms with Crippen molar-refractivity contribution in [1.82, 2.24) is 19.9 Å². The first-order valence-corrected chi connectivity index (χ1v) is 12.3. The van der Waals surface area contributed by atoms with E-state index in [0.717, 1.165) is 22.2 Å². The molecule has 0 amide bonds. The highest BCUT2D eigenvalue weighted by molar-refractivity contribution is 5.96. The Hall–Kier alpha value is -3.18. The Kier molecular flexibility index (Phi) is 5.45.